The fourth-order valence-electron chi connectivity index (χ4n) is 2.34. The van der Waals surface area contributed by atoms with Crippen LogP contribution in [0.2, 0.25) is 0 Å². The van der Waals surface area contributed by atoms with Gasteiger partial charge in [-0.1, -0.05) is 0 Å². The van der Waals surface area contributed by atoms with Gasteiger partial charge in [0.1, 0.15) is 6.54 Å². The smallest absolute Gasteiger partial charge is 0.275 e. The van der Waals surface area contributed by atoms with Gasteiger partial charge in [0.25, 0.3) is 5.91 Å². The topological polar surface area (TPSA) is 52.0 Å². The normalized spacial score (nSPS) is 14.9. The molecule has 1 aromatic carbocycles. The zero-order valence-electron chi connectivity index (χ0n) is 13.3. The minimum absolute atomic E-state index is 0.0834. The summed E-state index contributed by atoms with van der Waals surface area (Å²) < 4.78 is 10.7. The zero-order valence-corrected chi connectivity index (χ0v) is 13.3. The SMILES string of the molecule is CC[NH+](CC(=O)NC(C)(C)C)Cc1ccc2c(c1)OCO2. The van der Waals surface area contributed by atoms with Gasteiger partial charge in [-0.25, -0.2) is 0 Å². The second kappa shape index (κ2) is 6.35. The Labute approximate surface area is 126 Å². The van der Waals surface area contributed by atoms with Crippen LogP contribution >= 0.6 is 0 Å². The van der Waals surface area contributed by atoms with Crippen molar-refractivity contribution in [3.05, 3.63) is 23.8 Å². The predicted octanol–water partition coefficient (Wildman–Crippen LogP) is 0.735. The molecule has 0 radical (unpaired) electrons. The summed E-state index contributed by atoms with van der Waals surface area (Å²) in [5.41, 5.74) is 0.967. The number of fused-ring (bicyclic) bond motifs is 1. The van der Waals surface area contributed by atoms with Crippen molar-refractivity contribution < 1.29 is 19.2 Å². The first-order chi connectivity index (χ1) is 9.87. The maximum absolute atomic E-state index is 12.0. The van der Waals surface area contributed by atoms with E-state index in [1.54, 1.807) is 0 Å². The molecule has 1 aromatic rings. The van der Waals surface area contributed by atoms with Crippen molar-refractivity contribution in [1.29, 1.82) is 0 Å². The predicted molar refractivity (Wildman–Crippen MR) is 80.5 cm³/mol. The first-order valence-corrected chi connectivity index (χ1v) is 7.40. The van der Waals surface area contributed by atoms with Crippen LogP contribution in [0.4, 0.5) is 0 Å². The Morgan fingerprint density at radius 1 is 1.29 bits per heavy atom. The number of amides is 1. The summed E-state index contributed by atoms with van der Waals surface area (Å²) in [5, 5.41) is 3.01. The highest BCUT2D eigenvalue weighted by molar-refractivity contribution is 5.77. The Bertz CT molecular complexity index is 509. The molecule has 0 fully saturated rings. The first-order valence-electron chi connectivity index (χ1n) is 7.40. The molecular weight excluding hydrogens is 268 g/mol. The van der Waals surface area contributed by atoms with E-state index >= 15 is 0 Å². The van der Waals surface area contributed by atoms with Crippen molar-refractivity contribution in [3.63, 3.8) is 0 Å². The summed E-state index contributed by atoms with van der Waals surface area (Å²) in [5.74, 6) is 1.67. The van der Waals surface area contributed by atoms with Crippen molar-refractivity contribution in [2.75, 3.05) is 19.9 Å². The van der Waals surface area contributed by atoms with Gasteiger partial charge in [0.15, 0.2) is 18.0 Å². The van der Waals surface area contributed by atoms with Crippen LogP contribution in [0.5, 0.6) is 11.5 Å². The lowest BCUT2D eigenvalue weighted by molar-refractivity contribution is -0.904. The standard InChI is InChI=1S/C16H24N2O3/c1-5-18(10-15(19)17-16(2,3)4)9-12-6-7-13-14(8-12)21-11-20-13/h6-8H,5,9-11H2,1-4H3,(H,17,19)/p+1. The van der Waals surface area contributed by atoms with Gasteiger partial charge in [-0.2, -0.15) is 0 Å². The van der Waals surface area contributed by atoms with E-state index in [4.69, 9.17) is 9.47 Å². The Hall–Kier alpha value is -1.75. The molecule has 1 heterocycles. The molecule has 0 spiro atoms. The number of quaternary nitrogens is 1. The van der Waals surface area contributed by atoms with Crippen LogP contribution < -0.4 is 19.7 Å². The van der Waals surface area contributed by atoms with Crippen LogP contribution in [0.25, 0.3) is 0 Å². The minimum Gasteiger partial charge on any atom is -0.454 e. The number of ether oxygens (including phenoxy) is 2. The van der Waals surface area contributed by atoms with E-state index in [1.165, 1.54) is 4.90 Å². The van der Waals surface area contributed by atoms with Crippen molar-refractivity contribution in [1.82, 2.24) is 5.32 Å². The summed E-state index contributed by atoms with van der Waals surface area (Å²) >= 11 is 0. The number of rotatable bonds is 5. The number of carbonyl (C=O) groups is 1. The molecule has 1 aliphatic heterocycles. The van der Waals surface area contributed by atoms with Gasteiger partial charge in [0.2, 0.25) is 6.79 Å². The molecule has 0 aromatic heterocycles. The van der Waals surface area contributed by atoms with Gasteiger partial charge in [-0.15, -0.1) is 0 Å². The largest absolute Gasteiger partial charge is 0.454 e. The number of carbonyl (C=O) groups excluding carboxylic acids is 1. The summed E-state index contributed by atoms with van der Waals surface area (Å²) in [4.78, 5) is 13.2. The van der Waals surface area contributed by atoms with Crippen molar-refractivity contribution in [2.24, 2.45) is 0 Å². The summed E-state index contributed by atoms with van der Waals surface area (Å²) in [7, 11) is 0. The molecular formula is C16H25N2O3+. The highest BCUT2D eigenvalue weighted by Gasteiger charge is 2.20. The number of hydrogen-bond donors (Lipinski definition) is 2. The number of likely N-dealkylation sites (N-methyl/N-ethyl adjacent to an activating group) is 1. The monoisotopic (exact) mass is 293 g/mol. The van der Waals surface area contributed by atoms with E-state index < -0.39 is 0 Å². The highest BCUT2D eigenvalue weighted by Crippen LogP contribution is 2.32. The lowest BCUT2D eigenvalue weighted by Crippen LogP contribution is -3.11. The molecule has 0 aliphatic carbocycles. The zero-order chi connectivity index (χ0) is 15.5. The maximum atomic E-state index is 12.0. The lowest BCUT2D eigenvalue weighted by Gasteiger charge is -2.23. The van der Waals surface area contributed by atoms with Gasteiger partial charge < -0.3 is 19.7 Å². The van der Waals surface area contributed by atoms with Gasteiger partial charge in [-0.3, -0.25) is 4.79 Å². The second-order valence-corrected chi connectivity index (χ2v) is 6.44. The molecule has 1 unspecified atom stereocenters. The third-order valence-electron chi connectivity index (χ3n) is 3.32. The Morgan fingerprint density at radius 2 is 2.00 bits per heavy atom. The molecule has 0 bridgehead atoms. The molecule has 116 valence electrons. The summed E-state index contributed by atoms with van der Waals surface area (Å²) in [6, 6.07) is 5.96. The fourth-order valence-corrected chi connectivity index (χ4v) is 2.34. The van der Waals surface area contributed by atoms with E-state index in [2.05, 4.69) is 12.2 Å². The molecule has 0 saturated heterocycles. The van der Waals surface area contributed by atoms with Crippen LogP contribution in [0.3, 0.4) is 0 Å². The number of nitrogens with one attached hydrogen (secondary N) is 2. The fraction of sp³-hybridized carbons (Fsp3) is 0.562. The van der Waals surface area contributed by atoms with E-state index in [1.807, 2.05) is 39.0 Å². The van der Waals surface area contributed by atoms with Crippen molar-refractivity contribution in [3.8, 4) is 11.5 Å². The number of benzene rings is 1. The van der Waals surface area contributed by atoms with Crippen LogP contribution in [-0.4, -0.2) is 31.3 Å². The van der Waals surface area contributed by atoms with Crippen LogP contribution in [-0.2, 0) is 11.3 Å². The number of hydrogen-bond acceptors (Lipinski definition) is 3. The third kappa shape index (κ3) is 4.63. The Balaban J connectivity index is 1.94. The lowest BCUT2D eigenvalue weighted by atomic mass is 10.1. The summed E-state index contributed by atoms with van der Waals surface area (Å²) in [6.07, 6.45) is 0. The molecule has 1 atom stereocenters. The van der Waals surface area contributed by atoms with Crippen LogP contribution in [0, 0.1) is 0 Å². The van der Waals surface area contributed by atoms with E-state index in [9.17, 15) is 4.79 Å². The molecule has 0 saturated carbocycles. The Kier molecular flexibility index (Phi) is 4.73. The van der Waals surface area contributed by atoms with E-state index in [0.717, 1.165) is 30.2 Å². The van der Waals surface area contributed by atoms with Crippen LogP contribution in [0.1, 0.15) is 33.3 Å². The van der Waals surface area contributed by atoms with Gasteiger partial charge in [0, 0.05) is 11.1 Å². The molecule has 5 heteroatoms. The molecule has 21 heavy (non-hydrogen) atoms. The van der Waals surface area contributed by atoms with Gasteiger partial charge >= 0.3 is 0 Å². The first kappa shape index (κ1) is 15.6. The van der Waals surface area contributed by atoms with Crippen molar-refractivity contribution >= 4 is 5.91 Å². The van der Waals surface area contributed by atoms with Crippen LogP contribution in [0.15, 0.2) is 18.2 Å². The molecule has 5 nitrogen and oxygen atoms in total. The second-order valence-electron chi connectivity index (χ2n) is 6.44. The molecule has 2 N–H and O–H groups in total. The van der Waals surface area contributed by atoms with Crippen molar-refractivity contribution in [2.45, 2.75) is 39.8 Å². The third-order valence-corrected chi connectivity index (χ3v) is 3.32. The van der Waals surface area contributed by atoms with E-state index in [-0.39, 0.29) is 18.2 Å². The quantitative estimate of drug-likeness (QED) is 0.842. The van der Waals surface area contributed by atoms with Gasteiger partial charge in [0.05, 0.1) is 6.54 Å². The highest BCUT2D eigenvalue weighted by atomic mass is 16.7. The summed E-state index contributed by atoms with van der Waals surface area (Å²) in [6.45, 7) is 10.5. The maximum Gasteiger partial charge on any atom is 0.275 e. The Morgan fingerprint density at radius 3 is 2.67 bits per heavy atom. The molecule has 1 aliphatic rings. The molecule has 1 amide bonds. The average Bonchev–Trinajstić information content (AvgIpc) is 2.83. The minimum atomic E-state index is -0.186. The van der Waals surface area contributed by atoms with E-state index in [0.29, 0.717) is 6.54 Å². The average molecular weight is 293 g/mol. The molecule has 2 rings (SSSR count). The van der Waals surface area contributed by atoms with Gasteiger partial charge in [-0.05, 0) is 45.9 Å².